The molecule has 8 aliphatic rings. The monoisotopic (exact) mass is 1920 g/mol. The Bertz CT molecular complexity index is 5440. The molecular formula is C112H177N19O8+8. The fraction of sp³-hybridized carbons (Fsp3) is 0.625. The minimum Gasteiger partial charge on any atom is -0.338 e. The van der Waals surface area contributed by atoms with Crippen molar-refractivity contribution in [3.8, 4) is 0 Å². The van der Waals surface area contributed by atoms with E-state index >= 15 is 0 Å². The van der Waals surface area contributed by atoms with Crippen molar-refractivity contribution in [3.05, 3.63) is 191 Å². The minimum atomic E-state index is 0.0528. The number of imidazole rings is 3. The number of amides is 8. The number of hydrogen-bond donors (Lipinski definition) is 1. The second kappa shape index (κ2) is 50.5. The van der Waals surface area contributed by atoms with Gasteiger partial charge in [0.2, 0.25) is 64.9 Å². The molecule has 0 atom stereocenters. The molecule has 27 nitrogen and oxygen atoms in total. The third kappa shape index (κ3) is 28.5. The summed E-state index contributed by atoms with van der Waals surface area (Å²) in [6.45, 7) is 79.3. The Hall–Kier alpha value is -10.9. The van der Waals surface area contributed by atoms with Gasteiger partial charge in [-0.25, -0.2) is 41.5 Å². The van der Waals surface area contributed by atoms with Gasteiger partial charge in [-0.2, -0.15) is 14.0 Å². The predicted molar refractivity (Wildman–Crippen MR) is 544 cm³/mol. The van der Waals surface area contributed by atoms with E-state index in [0.717, 1.165) is 155 Å². The van der Waals surface area contributed by atoms with Crippen molar-refractivity contribution < 1.29 is 74.9 Å². The summed E-state index contributed by atoms with van der Waals surface area (Å²) >= 11 is 0. The van der Waals surface area contributed by atoms with E-state index in [9.17, 15) is 38.4 Å². The maximum Gasteiger partial charge on any atom is 0.367 e. The molecule has 16 heterocycles. The van der Waals surface area contributed by atoms with Gasteiger partial charge in [-0.05, 0) is 159 Å². The van der Waals surface area contributed by atoms with Crippen molar-refractivity contribution in [1.82, 2.24) is 43.5 Å². The van der Waals surface area contributed by atoms with Crippen LogP contribution in [-0.4, -0.2) is 137 Å². The van der Waals surface area contributed by atoms with Crippen LogP contribution in [0, 0.1) is 47.3 Å². The molecule has 0 aromatic carbocycles. The van der Waals surface area contributed by atoms with E-state index in [1.807, 2.05) is 156 Å². The summed E-state index contributed by atoms with van der Waals surface area (Å²) in [6, 6.07) is 20.7. The van der Waals surface area contributed by atoms with Crippen molar-refractivity contribution >= 4 is 59.0 Å². The van der Waals surface area contributed by atoms with Gasteiger partial charge in [-0.3, -0.25) is 43.3 Å². The lowest BCUT2D eigenvalue weighted by Crippen LogP contribution is -2.52. The van der Waals surface area contributed by atoms with Crippen LogP contribution in [0.2, 0.25) is 0 Å². The standard InChI is InChI=1S/4C15H23N2O.C14H21N2O.2C13H22N3O.C12H19N3O/c1-11(2)15(18)17-8-6-13-9-16(12(3)4)7-5-14(13)10-17;1-11(2)15(18)17-8-6-13-5-7-16(12(3)4)9-14(13)10-17;1-11(2)15(18)16-9-7-14-13(10-16)6-5-8-17(14)12(3)4;1-11(2)15(18)16-9-7-13-6-5-8-17(12(3)4)14(13)10-16;1-10(2)14(17)15-8-12-6-5-7-16(11(3)4)13(12)9-15;1-10(2)13(17)15-6-5-14-7-8-16(11(3)4)12(14)9-15;1-10(2)12(17)16-7-5-6-14-8-9-15(11(3)4)13(14)16;1-8(2)12(16)14-6-5-10-11(14)13-7-15(10)9(3)4/h2*5,7,9,11-12H,6,8,10H2,1-4H3;2*5-6,8,11-12H,7,9-10H2,1-4H3;5-7,10-11H,8-9H2,1-4H3;7-8,10-11H,5-6,9H2,1-4H3;8-11H,5-7H2,1-4H3;7-9H,5-6H2,1-4H3/q7*+1;/p+1. The highest BCUT2D eigenvalue weighted by Gasteiger charge is 2.41. The number of pyridine rings is 5. The molecule has 139 heavy (non-hydrogen) atoms. The lowest BCUT2D eigenvalue weighted by atomic mass is 10.0. The number of carbonyl (C=O) groups excluding carboxylic acids is 8. The van der Waals surface area contributed by atoms with E-state index in [1.165, 1.54) is 67.5 Å². The quantitative estimate of drug-likeness (QED) is 0.0915. The van der Waals surface area contributed by atoms with Crippen molar-refractivity contribution in [3.63, 3.8) is 0 Å². The fourth-order valence-corrected chi connectivity index (χ4v) is 19.2. The zero-order chi connectivity index (χ0) is 103. The summed E-state index contributed by atoms with van der Waals surface area (Å²) in [7, 11) is 0. The largest absolute Gasteiger partial charge is 0.367 e. The molecule has 8 aromatic heterocycles. The molecule has 8 amide bonds. The van der Waals surface area contributed by atoms with Crippen LogP contribution in [0.25, 0.3) is 0 Å². The first-order valence-electron chi connectivity index (χ1n) is 52.3. The van der Waals surface area contributed by atoms with E-state index in [4.69, 9.17) is 0 Å². The maximum absolute atomic E-state index is 12.2. The van der Waals surface area contributed by atoms with Crippen molar-refractivity contribution in [1.29, 1.82) is 0 Å². The molecule has 0 saturated carbocycles. The molecule has 0 aliphatic carbocycles. The summed E-state index contributed by atoms with van der Waals surface area (Å²) in [5.74, 6) is 5.90. The number of aryl methyl sites for hydroxylation is 1. The van der Waals surface area contributed by atoms with Gasteiger partial charge >= 0.3 is 5.95 Å². The van der Waals surface area contributed by atoms with Crippen LogP contribution >= 0.6 is 0 Å². The molecule has 0 spiro atoms. The lowest BCUT2D eigenvalue weighted by Gasteiger charge is -2.29. The van der Waals surface area contributed by atoms with E-state index in [1.54, 1.807) is 0 Å². The van der Waals surface area contributed by atoms with Crippen LogP contribution < -0.4 is 46.3 Å². The van der Waals surface area contributed by atoms with Crippen LogP contribution in [0.5, 0.6) is 0 Å². The van der Waals surface area contributed by atoms with Gasteiger partial charge in [-0.1, -0.05) is 111 Å². The molecule has 0 radical (unpaired) electrons. The molecule has 8 aliphatic heterocycles. The van der Waals surface area contributed by atoms with Crippen LogP contribution in [-0.2, 0) is 129 Å². The zero-order valence-corrected chi connectivity index (χ0v) is 91.2. The average Bonchev–Trinajstić information content (AvgIpc) is 1.51. The number of rotatable bonds is 16. The highest BCUT2D eigenvalue weighted by molar-refractivity contribution is 5.95. The Kier molecular flexibility index (Phi) is 40.6. The second-order valence-corrected chi connectivity index (χ2v) is 43.6. The molecule has 0 bridgehead atoms. The summed E-state index contributed by atoms with van der Waals surface area (Å²) in [4.78, 5) is 115. The first-order valence-corrected chi connectivity index (χ1v) is 52.3. The Morgan fingerprint density at radius 2 is 0.647 bits per heavy atom. The molecule has 0 unspecified atom stereocenters. The number of nitrogens with zero attached hydrogens (tertiary/aromatic N) is 18. The molecule has 0 saturated heterocycles. The van der Waals surface area contributed by atoms with E-state index < -0.39 is 0 Å². The molecule has 0 fully saturated rings. The smallest absolute Gasteiger partial charge is 0.338 e. The van der Waals surface area contributed by atoms with Crippen LogP contribution in [0.1, 0.15) is 344 Å². The third-order valence-electron chi connectivity index (χ3n) is 27.3. The minimum absolute atomic E-state index is 0.0528. The molecule has 27 heteroatoms. The average molecular weight is 1920 g/mol. The normalized spacial score (nSPS) is 15.1. The summed E-state index contributed by atoms with van der Waals surface area (Å²) in [5, 5.41) is 0. The number of aromatic amines is 1. The topological polar surface area (TPSA) is 219 Å². The van der Waals surface area contributed by atoms with Crippen LogP contribution in [0.15, 0.2) is 123 Å². The van der Waals surface area contributed by atoms with Crippen molar-refractivity contribution in [2.24, 2.45) is 47.3 Å². The number of aromatic nitrogens is 11. The predicted octanol–water partition coefficient (Wildman–Crippen LogP) is 15.0. The van der Waals surface area contributed by atoms with Crippen molar-refractivity contribution in [2.45, 2.75) is 367 Å². The highest BCUT2D eigenvalue weighted by Crippen LogP contribution is 2.30. The number of carbonyl (C=O) groups is 8. The van der Waals surface area contributed by atoms with Gasteiger partial charge in [0.1, 0.15) is 38.6 Å². The Morgan fingerprint density at radius 3 is 1.13 bits per heavy atom. The number of hydrogen-bond acceptors (Lipinski definition) is 8. The molecule has 16 rings (SSSR count). The van der Waals surface area contributed by atoms with Gasteiger partial charge in [0.15, 0.2) is 85.0 Å². The zero-order valence-electron chi connectivity index (χ0n) is 91.2. The van der Waals surface area contributed by atoms with Gasteiger partial charge in [-0.15, -0.1) is 0 Å². The van der Waals surface area contributed by atoms with E-state index in [-0.39, 0.29) is 94.6 Å². The van der Waals surface area contributed by atoms with Crippen LogP contribution in [0.4, 0.5) is 11.8 Å². The highest BCUT2D eigenvalue weighted by atomic mass is 16.2. The maximum atomic E-state index is 12.2. The van der Waals surface area contributed by atoms with Gasteiger partial charge in [0, 0.05) is 158 Å². The number of H-pyrrole nitrogens is 1. The van der Waals surface area contributed by atoms with E-state index in [2.05, 4.69) is 278 Å². The Morgan fingerprint density at radius 1 is 0.281 bits per heavy atom. The Labute approximate surface area is 833 Å². The third-order valence-corrected chi connectivity index (χ3v) is 27.3. The first kappa shape index (κ1) is 112. The van der Waals surface area contributed by atoms with Gasteiger partial charge in [0.05, 0.1) is 76.2 Å². The molecule has 760 valence electrons. The van der Waals surface area contributed by atoms with Gasteiger partial charge in [0.25, 0.3) is 11.7 Å². The lowest BCUT2D eigenvalue weighted by molar-refractivity contribution is -0.724. The van der Waals surface area contributed by atoms with E-state index in [0.29, 0.717) is 48.3 Å². The molecule has 8 aromatic rings. The summed E-state index contributed by atoms with van der Waals surface area (Å²) in [6.07, 6.45) is 31.3. The first-order chi connectivity index (χ1) is 65.5. The fourth-order valence-electron chi connectivity index (χ4n) is 19.2. The number of nitrogens with one attached hydrogen (secondary N) is 1. The molecule has 1 N–H and O–H groups in total. The second-order valence-electron chi connectivity index (χ2n) is 43.6. The Balaban J connectivity index is 0.000000178. The summed E-state index contributed by atoms with van der Waals surface area (Å²) < 4.78 is 22.4. The van der Waals surface area contributed by atoms with Crippen molar-refractivity contribution in [2.75, 3.05) is 55.6 Å². The van der Waals surface area contributed by atoms with Crippen LogP contribution in [0.3, 0.4) is 0 Å². The molecular weight excluding hydrogens is 1740 g/mol. The SMILES string of the molecule is CC(C)C(=O)N1CCC[n+]2ccn(C(C)C)c21.CC(C)C(=O)N1CC[n+]2ccn(C(C)C)c2C1.CC(C)C(=O)N1CCc2c(ccc[n+]2C(C)C)C1.CC(C)C(=O)N1CCc2c1[nH]c[n+]2C(C)C.CC(C)C(=O)N1CCc2c[n+](C(C)C)ccc2C1.CC(C)C(=O)N1CCc2cc[n+](C(C)C)cc2C1.CC(C)C(=O)N1CCc2ccc[n+](C(C)C)c2C1.CC(C)C(=O)N1Cc2ccc[n+](C(C)C)c2C1. The number of fused-ring (bicyclic) bond motifs is 8. The summed E-state index contributed by atoms with van der Waals surface area (Å²) in [5.41, 5.74) is 14.6. The van der Waals surface area contributed by atoms with Gasteiger partial charge < -0.3 is 29.4 Å². The number of anilines is 2.